The Hall–Kier alpha value is -3.30. The van der Waals surface area contributed by atoms with Crippen molar-refractivity contribution in [2.75, 3.05) is 22.9 Å². The van der Waals surface area contributed by atoms with Crippen molar-refractivity contribution in [1.82, 2.24) is 61.2 Å². The van der Waals surface area contributed by atoms with E-state index in [0.717, 1.165) is 41.3 Å². The maximum Gasteiger partial charge on any atom is 1.00 e. The molecule has 0 saturated heterocycles. The summed E-state index contributed by atoms with van der Waals surface area (Å²) in [5.41, 5.74) is 24.6. The van der Waals surface area contributed by atoms with Crippen LogP contribution in [0, 0.1) is 41.5 Å². The number of H-pyrrole nitrogens is 6. The van der Waals surface area contributed by atoms with E-state index in [2.05, 4.69) is 139 Å². The van der Waals surface area contributed by atoms with Gasteiger partial charge in [0.25, 0.3) is 0 Å². The Bertz CT molecular complexity index is 6060. The number of benzene rings is 6. The summed E-state index contributed by atoms with van der Waals surface area (Å²) in [4.78, 5) is -1.82. The minimum absolute atomic E-state index is 0. The van der Waals surface area contributed by atoms with E-state index in [1.807, 2.05) is 6.92 Å². The van der Waals surface area contributed by atoms with Gasteiger partial charge < -0.3 is 67.7 Å². The molecule has 0 aliphatic rings. The molecule has 6 heterocycles. The Labute approximate surface area is 865 Å². The van der Waals surface area contributed by atoms with Crippen molar-refractivity contribution in [2.45, 2.75) is 70.9 Å². The Balaban J connectivity index is 0.000000780. The Kier molecular flexibility index (Phi) is 50.7. The molecule has 614 valence electrons. The molecule has 0 aliphatic heterocycles. The number of azo groups is 3. The number of hydrogen-bond acceptors (Lipinski definition) is 44. The van der Waals surface area contributed by atoms with E-state index in [-0.39, 0.29) is 280 Å². The van der Waals surface area contributed by atoms with Crippen molar-refractivity contribution in [3.05, 3.63) is 119 Å². The summed E-state index contributed by atoms with van der Waals surface area (Å²) in [6, 6.07) is 10.2. The van der Waals surface area contributed by atoms with Crippen LogP contribution >= 0.6 is 129 Å². The minimum atomic E-state index is -5.17. The molecule has 0 bridgehead atoms. The maximum absolute atomic E-state index is 12.1. The maximum atomic E-state index is 12.1. The van der Waals surface area contributed by atoms with E-state index < -0.39 is 73.6 Å². The van der Waals surface area contributed by atoms with E-state index in [1.54, 1.807) is 34.6 Å². The van der Waals surface area contributed by atoms with Gasteiger partial charge in [-0.1, -0.05) is 78.9 Å². The van der Waals surface area contributed by atoms with Crippen LogP contribution in [0.1, 0.15) is 34.2 Å². The smallest absolute Gasteiger partial charge is 0.744 e. The third kappa shape index (κ3) is 31.2. The standard InChI is InChI=1S/C18H15Cl2N9O7S2.C14H12ClN5O7S2.C10H9NO7S2.2C4H4Cl2N4.C4H6ClN3.6Na/c1-5-11(19)17(26-22-5)28-24-14-8(37-36-35-31)3-7-4-9(38(32,33)34)15(13(21)10(7)16(14)30)25-29-18-12(20)6(2)23-27-18;1-5-11(15)14(19-17-5)20-18-13-9(29(23,24)25)3-6-2-7(28-27-26-22)4-8(21)10(6)12(13)16;11-8-4-7(20(14,15)16)2-5-1-6(19-18-17-13)3-9(12)10(5)8;2*1-2-3(5)4(8-7-2)9-10-6;1-2-3(5)4(6)8-7-2;;;;;;/h3-4,30-31H,21H2,1-2H3,(H,22,26)(H,23,27)(H,32,33,34);2-4,21-22H,16H2,1H3,(H,17,19)(H,23,24,25);1-4,12-13H,11H2,(H,14,15,16);2*1H3,(H,7,8);1H3,(H3,6,7,8);;;;;;/q;;;;;;6*+1/p-6. The molecule has 6 aromatic carbocycles. The topological polar surface area (TPSA) is 757 Å². The summed E-state index contributed by atoms with van der Waals surface area (Å²) in [6.07, 6.45) is 0. The molecule has 121 heavy (non-hydrogen) atoms. The predicted molar refractivity (Wildman–Crippen MR) is 406 cm³/mol. The number of aromatic amines is 6. The van der Waals surface area contributed by atoms with E-state index in [0.29, 0.717) is 85.7 Å². The first-order chi connectivity index (χ1) is 54.1. The predicted octanol–water partition coefficient (Wildman–Crippen LogP) is -4.72. The summed E-state index contributed by atoms with van der Waals surface area (Å²) in [5.74, 6) is -0.490. The van der Waals surface area contributed by atoms with Gasteiger partial charge in [-0.05, 0) is 112 Å². The number of hydrogen-bond donors (Lipinski definition) is 13. The number of aromatic hydroxyl groups is 3. The number of nitrogens with zero attached hydrogens (tertiary/aromatic N) is 16. The van der Waals surface area contributed by atoms with Gasteiger partial charge in [0.1, 0.15) is 89.1 Å². The van der Waals surface area contributed by atoms with Crippen LogP contribution in [0.15, 0.2) is 134 Å². The Morgan fingerprint density at radius 2 is 0.702 bits per heavy atom. The molecule has 0 atom stereocenters. The number of halogens is 8. The van der Waals surface area contributed by atoms with Crippen molar-refractivity contribution in [3.63, 3.8) is 0 Å². The van der Waals surface area contributed by atoms with Crippen LogP contribution in [-0.4, -0.2) is 115 Å². The third-order valence-electron chi connectivity index (χ3n) is 14.0. The van der Waals surface area contributed by atoms with Crippen molar-refractivity contribution in [1.29, 1.82) is 0 Å². The average molecular weight is 2010 g/mol. The molecule has 0 amide bonds. The zero-order valence-corrected chi connectivity index (χ0v) is 86.3. The fourth-order valence-corrected chi connectivity index (χ4v) is 12.8. The number of nitrogens with two attached hydrogens (primary N) is 4. The molecule has 12 rings (SSSR count). The van der Waals surface area contributed by atoms with Crippen LogP contribution in [0.2, 0.25) is 30.1 Å². The number of phenolic OH excluding ortho intramolecular Hbond substituents is 3. The molecular weight excluding hydrogens is 1960 g/mol. The van der Waals surface area contributed by atoms with Gasteiger partial charge in [-0.25, -0.2) is 25.3 Å². The molecule has 67 heteroatoms. The van der Waals surface area contributed by atoms with Crippen LogP contribution < -0.4 is 216 Å². The zero-order chi connectivity index (χ0) is 85.3. The van der Waals surface area contributed by atoms with Crippen LogP contribution in [0.3, 0.4) is 0 Å². The second-order valence-electron chi connectivity index (χ2n) is 21.5. The molecule has 47 nitrogen and oxygen atoms in total. The van der Waals surface area contributed by atoms with Crippen molar-refractivity contribution in [2.24, 2.45) is 50.2 Å². The number of fused-ring (bicyclic) bond motifs is 3. The van der Waals surface area contributed by atoms with Gasteiger partial charge in [-0.3, -0.25) is 45.7 Å². The van der Waals surface area contributed by atoms with Gasteiger partial charge in [0.05, 0.1) is 130 Å². The molecule has 17 N–H and O–H groups in total. The van der Waals surface area contributed by atoms with Gasteiger partial charge in [-0.15, -0.1) is 40.9 Å². The summed E-state index contributed by atoms with van der Waals surface area (Å²) in [7, 11) is -14.9. The third-order valence-corrected chi connectivity index (χ3v) is 21.1. The molecule has 0 fully saturated rings. The number of nitrogens with one attached hydrogen (secondary N) is 6. The number of aryl methyl sites for hydroxylation is 6. The van der Waals surface area contributed by atoms with Gasteiger partial charge in [0.2, 0.25) is 29.1 Å². The van der Waals surface area contributed by atoms with Crippen molar-refractivity contribution >= 4 is 261 Å². The van der Waals surface area contributed by atoms with E-state index in [4.69, 9.17) is 116 Å². The summed E-state index contributed by atoms with van der Waals surface area (Å²) in [5, 5.41) is 141. The second kappa shape index (κ2) is 53.0. The SMILES string of the molecule is Cc1[nH]nc(N)c1Cl.Cc1[nH]nc(N=NCl)c1Cl.Cc1[nH]nc(N=NCl)c1Cl.Cc1[nH]nc(N=Nc2c(S(=O)(=O)[O-])cc3cc(SOO[O-])c(N=Nc4n[nH]c(C)c4Cl)c(O)c3c2N)c1Cl.Cc1[nH]nc(N=Nc2c(S(=O)(=O)[O-])cc3cc(SOO[O-])cc(O)c3c2N)c1Cl.Nc1cc(S(=O)(=O)[O-])cc2cc(SOO[O-])cc(O)c12.[Na+].[Na+].[Na+].[Na+].[Na+].[Na+]. The number of rotatable bonds is 20. The van der Waals surface area contributed by atoms with Crippen LogP contribution in [0.4, 0.5) is 69.0 Å². The van der Waals surface area contributed by atoms with Crippen molar-refractivity contribution < 1.29 is 275 Å². The molecule has 0 aliphatic carbocycles. The van der Waals surface area contributed by atoms with Crippen LogP contribution in [0.25, 0.3) is 32.3 Å². The summed E-state index contributed by atoms with van der Waals surface area (Å²) in [6.45, 7) is 10.2. The average Bonchev–Trinajstić information content (AvgIpc) is 0.999. The molecule has 0 unspecified atom stereocenters. The number of phenols is 3. The quantitative estimate of drug-likeness (QED) is 0.00648. The summed E-state index contributed by atoms with van der Waals surface area (Å²) >= 11 is 46.3. The number of nitrogen functional groups attached to an aromatic ring is 4. The van der Waals surface area contributed by atoms with E-state index >= 15 is 0 Å². The Morgan fingerprint density at radius 3 is 1.01 bits per heavy atom. The van der Waals surface area contributed by atoms with Gasteiger partial charge in [0, 0.05) is 26.3 Å². The summed E-state index contributed by atoms with van der Waals surface area (Å²) < 4.78 is 123. The van der Waals surface area contributed by atoms with Crippen LogP contribution in [0.5, 0.6) is 17.2 Å². The van der Waals surface area contributed by atoms with Gasteiger partial charge in [-0.2, -0.15) is 43.6 Å². The largest absolute Gasteiger partial charge is 1.00 e. The molecular formula is C54H44Cl8N26Na6O21S6. The molecule has 0 saturated carbocycles. The first-order valence-corrected chi connectivity index (χ1v) is 38.8. The van der Waals surface area contributed by atoms with Crippen LogP contribution in [-0.2, 0) is 58.5 Å². The molecule has 12 aromatic rings. The Morgan fingerprint density at radius 1 is 0.388 bits per heavy atom. The minimum Gasteiger partial charge on any atom is -0.744 e. The monoisotopic (exact) mass is 2000 g/mol. The van der Waals surface area contributed by atoms with Crippen molar-refractivity contribution in [3.8, 4) is 17.2 Å². The van der Waals surface area contributed by atoms with Gasteiger partial charge in [0.15, 0.2) is 11.6 Å². The number of anilines is 4. The molecule has 0 spiro atoms. The molecule has 6 aromatic heterocycles. The molecule has 0 radical (unpaired) electrons. The second-order valence-corrected chi connectivity index (χ2v) is 30.4. The van der Waals surface area contributed by atoms with E-state index in [9.17, 15) is 70.0 Å². The zero-order valence-electron chi connectivity index (χ0n) is 63.3. The van der Waals surface area contributed by atoms with Gasteiger partial charge >= 0.3 is 177 Å². The fourth-order valence-electron chi connectivity index (χ4n) is 8.76. The normalized spacial score (nSPS) is 11.3. The fraction of sp³-hybridized carbons (Fsp3) is 0.111. The first kappa shape index (κ1) is 116. The number of aromatic nitrogens is 12. The first-order valence-electron chi connectivity index (χ1n) is 29.4. The van der Waals surface area contributed by atoms with E-state index in [1.165, 1.54) is 30.3 Å².